The number of nitrogens with one attached hydrogen (secondary N) is 3. The fraction of sp³-hybridized carbons (Fsp3) is 0.514. The minimum atomic E-state index is -0.0767. The molecule has 0 atom stereocenters. The third-order valence-corrected chi connectivity index (χ3v) is 6.42. The highest BCUT2D eigenvalue weighted by Crippen LogP contribution is 2.05. The van der Waals surface area contributed by atoms with Gasteiger partial charge in [-0.25, -0.2) is 0 Å². The van der Waals surface area contributed by atoms with Gasteiger partial charge >= 0.3 is 0 Å². The summed E-state index contributed by atoms with van der Waals surface area (Å²) in [5, 5.41) is 23.7. The number of hydrogen-bond donors (Lipinski definition) is 7. The Labute approximate surface area is 320 Å². The summed E-state index contributed by atoms with van der Waals surface area (Å²) in [5.41, 5.74) is 25.8. The van der Waals surface area contributed by atoms with Gasteiger partial charge in [-0.2, -0.15) is 0 Å². The molecule has 0 aromatic heterocycles. The Hall–Kier alpha value is -4.94. The fourth-order valence-electron chi connectivity index (χ4n) is 3.78. The molecule has 2 rings (SSSR count). The number of nitrogens with zero attached hydrogens (tertiary/aromatic N) is 4. The van der Waals surface area contributed by atoms with E-state index in [0.717, 1.165) is 48.4 Å². The van der Waals surface area contributed by atoms with Gasteiger partial charge in [-0.05, 0) is 31.4 Å². The lowest BCUT2D eigenvalue weighted by atomic mass is 10.1. The number of amidine groups is 4. The van der Waals surface area contributed by atoms with Crippen molar-refractivity contribution in [2.75, 3.05) is 65.9 Å². The van der Waals surface area contributed by atoms with Crippen molar-refractivity contribution in [2.24, 2.45) is 43.3 Å². The van der Waals surface area contributed by atoms with Crippen molar-refractivity contribution in [1.29, 1.82) is 0 Å². The molecule has 54 heavy (non-hydrogen) atoms. The van der Waals surface area contributed by atoms with Gasteiger partial charge in [-0.3, -0.25) is 9.59 Å². The van der Waals surface area contributed by atoms with E-state index < -0.39 is 0 Å². The zero-order chi connectivity index (χ0) is 40.2. The van der Waals surface area contributed by atoms with Crippen LogP contribution in [0.5, 0.6) is 0 Å². The standard InChI is InChI=1S/C24H42N6O5.C11H15N5O.C2H6/c1-3-11-32-15-17-34-13-9-27-10-14-35-18-16-33-12-8-23(31)28-19-21-4-6-22(7-5-21)24(26)30-29-20(2)25;1-8(12)15-16-11(13)10-4-2-9(3-5-10)6-14-7-17;1-2/h4-7,27H,3,8-19H2,1-2H3,(H2,25,29)(H2,26,30)(H,28,31);2-5,7H,6H2,1H3,(H2,12,15)(H2,13,16)(H,14,17);1-2H3. The maximum atomic E-state index is 12.0. The number of ether oxygens (including phenoxy) is 4. The van der Waals surface area contributed by atoms with E-state index >= 15 is 0 Å². The molecule has 0 aliphatic rings. The van der Waals surface area contributed by atoms with Crippen molar-refractivity contribution >= 4 is 35.7 Å². The average molecular weight is 758 g/mol. The third-order valence-electron chi connectivity index (χ3n) is 6.42. The van der Waals surface area contributed by atoms with Gasteiger partial charge in [-0.1, -0.05) is 69.3 Å². The van der Waals surface area contributed by atoms with Gasteiger partial charge in [0.1, 0.15) is 11.7 Å². The summed E-state index contributed by atoms with van der Waals surface area (Å²) in [5.74, 6) is 1.17. The van der Waals surface area contributed by atoms with Crippen molar-refractivity contribution in [2.45, 2.75) is 60.5 Å². The summed E-state index contributed by atoms with van der Waals surface area (Å²) < 4.78 is 21.7. The largest absolute Gasteiger partial charge is 0.386 e. The van der Waals surface area contributed by atoms with Crippen molar-refractivity contribution in [1.82, 2.24) is 16.0 Å². The van der Waals surface area contributed by atoms with Crippen LogP contribution in [-0.2, 0) is 41.6 Å². The molecule has 302 valence electrons. The number of carbonyl (C=O) groups is 2. The SMILES string of the molecule is C/C(N)=N/N=C(\N)c1ccc(CNC=O)cc1.CC.CCCOCCOCCNCCOCCOCCC(=O)NCc1ccc(/C(N)=N/N=C(/C)N)cc1. The van der Waals surface area contributed by atoms with Gasteiger partial charge in [0.25, 0.3) is 0 Å². The molecule has 0 saturated carbocycles. The first kappa shape index (κ1) is 49.1. The Morgan fingerprint density at radius 2 is 1.06 bits per heavy atom. The minimum Gasteiger partial charge on any atom is -0.386 e. The Balaban J connectivity index is 0.00000123. The van der Waals surface area contributed by atoms with E-state index in [1.54, 1.807) is 13.8 Å². The summed E-state index contributed by atoms with van der Waals surface area (Å²) in [6, 6.07) is 14.7. The first-order valence-corrected chi connectivity index (χ1v) is 18.1. The van der Waals surface area contributed by atoms with E-state index in [0.29, 0.717) is 89.7 Å². The van der Waals surface area contributed by atoms with Crippen LogP contribution in [0.15, 0.2) is 68.9 Å². The normalized spacial score (nSPS) is 11.9. The van der Waals surface area contributed by atoms with Crippen LogP contribution >= 0.6 is 0 Å². The molecular formula is C37H63N11O6. The number of carbonyl (C=O) groups excluding carboxylic acids is 2. The van der Waals surface area contributed by atoms with E-state index in [1.165, 1.54) is 0 Å². The molecule has 17 nitrogen and oxygen atoms in total. The minimum absolute atomic E-state index is 0.0767. The number of rotatable bonds is 26. The Morgan fingerprint density at radius 1 is 0.630 bits per heavy atom. The van der Waals surface area contributed by atoms with Crippen LogP contribution < -0.4 is 38.9 Å². The predicted molar refractivity (Wildman–Crippen MR) is 216 cm³/mol. The number of hydrogen-bond acceptors (Lipinski definition) is 11. The second-order valence-corrected chi connectivity index (χ2v) is 11.1. The monoisotopic (exact) mass is 757 g/mol. The van der Waals surface area contributed by atoms with Crippen LogP contribution in [0.4, 0.5) is 0 Å². The Bertz CT molecular complexity index is 1380. The first-order valence-electron chi connectivity index (χ1n) is 18.1. The van der Waals surface area contributed by atoms with Gasteiger partial charge in [-0.15, -0.1) is 20.4 Å². The lowest BCUT2D eigenvalue weighted by Crippen LogP contribution is -2.25. The highest BCUT2D eigenvalue weighted by molar-refractivity contribution is 5.98. The van der Waals surface area contributed by atoms with Crippen molar-refractivity contribution in [3.05, 3.63) is 70.8 Å². The Morgan fingerprint density at radius 3 is 1.48 bits per heavy atom. The van der Waals surface area contributed by atoms with Gasteiger partial charge in [0.2, 0.25) is 12.3 Å². The zero-order valence-corrected chi connectivity index (χ0v) is 32.6. The van der Waals surface area contributed by atoms with Crippen LogP contribution in [0.1, 0.15) is 69.7 Å². The summed E-state index contributed by atoms with van der Waals surface area (Å²) in [7, 11) is 0. The van der Waals surface area contributed by atoms with Crippen LogP contribution in [-0.4, -0.2) is 102 Å². The van der Waals surface area contributed by atoms with E-state index in [9.17, 15) is 9.59 Å². The van der Waals surface area contributed by atoms with Crippen LogP contribution in [0.3, 0.4) is 0 Å². The third kappa shape index (κ3) is 27.7. The topological polar surface area (TPSA) is 261 Å². The maximum absolute atomic E-state index is 12.0. The summed E-state index contributed by atoms with van der Waals surface area (Å²) in [6.45, 7) is 16.4. The molecule has 0 bridgehead atoms. The van der Waals surface area contributed by atoms with E-state index in [1.807, 2.05) is 62.4 Å². The maximum Gasteiger partial charge on any atom is 0.222 e. The van der Waals surface area contributed by atoms with E-state index in [-0.39, 0.29) is 11.7 Å². The summed E-state index contributed by atoms with van der Waals surface area (Å²) in [4.78, 5) is 22.1. The summed E-state index contributed by atoms with van der Waals surface area (Å²) >= 11 is 0. The summed E-state index contributed by atoms with van der Waals surface area (Å²) in [6.07, 6.45) is 1.97. The molecule has 0 aliphatic heterocycles. The van der Waals surface area contributed by atoms with E-state index in [4.69, 9.17) is 41.9 Å². The molecule has 0 saturated heterocycles. The average Bonchev–Trinajstić information content (AvgIpc) is 3.18. The van der Waals surface area contributed by atoms with Gasteiger partial charge < -0.3 is 57.8 Å². The van der Waals surface area contributed by atoms with Gasteiger partial charge in [0.15, 0.2) is 11.7 Å². The van der Waals surface area contributed by atoms with Gasteiger partial charge in [0, 0.05) is 50.3 Å². The van der Waals surface area contributed by atoms with Crippen molar-refractivity contribution in [3.8, 4) is 0 Å². The number of nitrogens with two attached hydrogens (primary N) is 4. The first-order chi connectivity index (χ1) is 26.2. The van der Waals surface area contributed by atoms with E-state index in [2.05, 4.69) is 43.3 Å². The second kappa shape index (κ2) is 33.9. The molecule has 0 unspecified atom stereocenters. The highest BCUT2D eigenvalue weighted by Gasteiger charge is 2.04. The highest BCUT2D eigenvalue weighted by atomic mass is 16.5. The van der Waals surface area contributed by atoms with Crippen molar-refractivity contribution in [3.63, 3.8) is 0 Å². The van der Waals surface area contributed by atoms with Gasteiger partial charge in [0.05, 0.1) is 46.2 Å². The molecule has 0 radical (unpaired) electrons. The Kier molecular flexibility index (Phi) is 30.8. The molecule has 0 fully saturated rings. The van der Waals surface area contributed by atoms with Crippen LogP contribution in [0.25, 0.3) is 0 Å². The van der Waals surface area contributed by atoms with Crippen LogP contribution in [0.2, 0.25) is 0 Å². The second-order valence-electron chi connectivity index (χ2n) is 11.1. The quantitative estimate of drug-likeness (QED) is 0.0239. The molecule has 2 aromatic carbocycles. The fourth-order valence-corrected chi connectivity index (χ4v) is 3.78. The molecule has 11 N–H and O–H groups in total. The number of amides is 2. The predicted octanol–water partition coefficient (Wildman–Crippen LogP) is 1.71. The molecule has 17 heteroatoms. The molecule has 0 aliphatic carbocycles. The lowest BCUT2D eigenvalue weighted by Gasteiger charge is -2.08. The molecule has 2 aromatic rings. The van der Waals surface area contributed by atoms with Crippen molar-refractivity contribution < 1.29 is 28.5 Å². The molecule has 0 spiro atoms. The number of benzene rings is 2. The lowest BCUT2D eigenvalue weighted by molar-refractivity contribution is -0.122. The smallest absolute Gasteiger partial charge is 0.222 e. The zero-order valence-electron chi connectivity index (χ0n) is 32.6. The van der Waals surface area contributed by atoms with Crippen LogP contribution in [0, 0.1) is 0 Å². The molecular weight excluding hydrogens is 694 g/mol. The molecule has 2 amide bonds. The molecule has 0 heterocycles.